The van der Waals surface area contributed by atoms with Crippen molar-refractivity contribution in [2.75, 3.05) is 0 Å². The van der Waals surface area contributed by atoms with Crippen LogP contribution in [0.1, 0.15) is 5.56 Å². The van der Waals surface area contributed by atoms with Gasteiger partial charge in [0.2, 0.25) is 0 Å². The van der Waals surface area contributed by atoms with Crippen LogP contribution in [0.5, 0.6) is 0 Å². The van der Waals surface area contributed by atoms with Crippen LogP contribution < -0.4 is 10.4 Å². The summed E-state index contributed by atoms with van der Waals surface area (Å²) in [6, 6.07) is 34.0. The van der Waals surface area contributed by atoms with Crippen molar-refractivity contribution in [2.45, 2.75) is 6.04 Å². The minimum absolute atomic E-state index is 1.18. The van der Waals surface area contributed by atoms with Gasteiger partial charge < -0.3 is 0 Å². The zero-order chi connectivity index (χ0) is 13.6. The van der Waals surface area contributed by atoms with E-state index in [1.807, 2.05) is 0 Å². The molecule has 0 bridgehead atoms. The molecular weight excluding hydrogens is 256 g/mol. The van der Waals surface area contributed by atoms with E-state index in [2.05, 4.69) is 91.0 Å². The Morgan fingerprint density at radius 3 is 1.35 bits per heavy atom. The molecule has 0 saturated carbocycles. The van der Waals surface area contributed by atoms with Gasteiger partial charge in [-0.05, 0) is 6.04 Å². The van der Waals surface area contributed by atoms with E-state index in [1.54, 1.807) is 0 Å². The predicted molar refractivity (Wildman–Crippen MR) is 89.4 cm³/mol. The SMILES string of the molecule is c1ccc(C[SiH](c2ccccc2)c2ccccc2)cc1. The molecule has 0 aliphatic heterocycles. The first-order valence-corrected chi connectivity index (χ1v) is 9.04. The zero-order valence-corrected chi connectivity index (χ0v) is 12.6. The van der Waals surface area contributed by atoms with Gasteiger partial charge in [0.25, 0.3) is 0 Å². The van der Waals surface area contributed by atoms with Gasteiger partial charge in [0.05, 0.1) is 0 Å². The molecule has 0 unspecified atom stereocenters. The number of benzene rings is 3. The van der Waals surface area contributed by atoms with Crippen molar-refractivity contribution in [1.82, 2.24) is 0 Å². The van der Waals surface area contributed by atoms with Gasteiger partial charge in [-0.2, -0.15) is 0 Å². The average Bonchev–Trinajstić information content (AvgIpc) is 2.55. The second kappa shape index (κ2) is 6.35. The van der Waals surface area contributed by atoms with E-state index in [9.17, 15) is 0 Å². The van der Waals surface area contributed by atoms with E-state index >= 15 is 0 Å². The first-order chi connectivity index (χ1) is 9.93. The van der Waals surface area contributed by atoms with Crippen LogP contribution in [-0.4, -0.2) is 8.80 Å². The standard InChI is InChI=1S/C19H18Si/c1-4-10-17(11-5-1)16-20(18-12-6-2-7-13-18)19-14-8-3-9-15-19/h1-15,20H,16H2. The van der Waals surface area contributed by atoms with E-state index in [4.69, 9.17) is 0 Å². The maximum atomic E-state index is 2.28. The largest absolute Gasteiger partial charge is 0.107 e. The lowest BCUT2D eigenvalue weighted by Crippen LogP contribution is -2.44. The van der Waals surface area contributed by atoms with E-state index in [0.29, 0.717) is 0 Å². The smallest absolute Gasteiger partial charge is 0.0629 e. The van der Waals surface area contributed by atoms with Crippen LogP contribution in [0.2, 0.25) is 0 Å². The van der Waals surface area contributed by atoms with E-state index in [1.165, 1.54) is 22.0 Å². The van der Waals surface area contributed by atoms with Gasteiger partial charge in [-0.1, -0.05) is 107 Å². The molecule has 3 rings (SSSR count). The Morgan fingerprint density at radius 2 is 0.900 bits per heavy atom. The van der Waals surface area contributed by atoms with Gasteiger partial charge in [-0.25, -0.2) is 0 Å². The Labute approximate surface area is 122 Å². The summed E-state index contributed by atoms with van der Waals surface area (Å²) in [5.74, 6) is 0. The van der Waals surface area contributed by atoms with Gasteiger partial charge >= 0.3 is 0 Å². The Kier molecular flexibility index (Phi) is 4.09. The van der Waals surface area contributed by atoms with Crippen LogP contribution in [0.15, 0.2) is 91.0 Å². The van der Waals surface area contributed by atoms with Crippen LogP contribution in [-0.2, 0) is 6.04 Å². The molecular formula is C19H18Si. The van der Waals surface area contributed by atoms with E-state index in [0.717, 1.165) is 0 Å². The number of hydrogen-bond acceptors (Lipinski definition) is 0. The molecule has 0 aliphatic carbocycles. The normalized spacial score (nSPS) is 10.7. The van der Waals surface area contributed by atoms with Crippen molar-refractivity contribution in [1.29, 1.82) is 0 Å². The fraction of sp³-hybridized carbons (Fsp3) is 0.0526. The zero-order valence-electron chi connectivity index (χ0n) is 11.4. The van der Waals surface area contributed by atoms with Crippen molar-refractivity contribution in [3.63, 3.8) is 0 Å². The Bertz CT molecular complexity index is 593. The summed E-state index contributed by atoms with van der Waals surface area (Å²) in [7, 11) is -1.18. The van der Waals surface area contributed by atoms with E-state index < -0.39 is 8.80 Å². The third-order valence-corrected chi connectivity index (χ3v) is 6.95. The third-order valence-electron chi connectivity index (χ3n) is 3.69. The van der Waals surface area contributed by atoms with Gasteiger partial charge in [0, 0.05) is 0 Å². The van der Waals surface area contributed by atoms with Crippen LogP contribution in [0.3, 0.4) is 0 Å². The van der Waals surface area contributed by atoms with Gasteiger partial charge in [-0.15, -0.1) is 0 Å². The third kappa shape index (κ3) is 3.06. The van der Waals surface area contributed by atoms with Crippen LogP contribution in [0.4, 0.5) is 0 Å². The number of hydrogen-bond donors (Lipinski definition) is 0. The molecule has 0 aromatic heterocycles. The summed E-state index contributed by atoms with van der Waals surface area (Å²) < 4.78 is 0. The van der Waals surface area contributed by atoms with Crippen LogP contribution in [0.25, 0.3) is 0 Å². The molecule has 0 heterocycles. The molecule has 0 spiro atoms. The highest BCUT2D eigenvalue weighted by atomic mass is 28.3. The second-order valence-corrected chi connectivity index (χ2v) is 7.91. The quantitative estimate of drug-likeness (QED) is 0.642. The van der Waals surface area contributed by atoms with Crippen molar-refractivity contribution in [2.24, 2.45) is 0 Å². The van der Waals surface area contributed by atoms with Crippen LogP contribution >= 0.6 is 0 Å². The molecule has 0 amide bonds. The molecule has 98 valence electrons. The first-order valence-electron chi connectivity index (χ1n) is 7.07. The summed E-state index contributed by atoms with van der Waals surface area (Å²) in [4.78, 5) is 0. The molecule has 3 aromatic rings. The monoisotopic (exact) mass is 274 g/mol. The molecule has 1 heteroatoms. The summed E-state index contributed by atoms with van der Waals surface area (Å²) >= 11 is 0. The minimum Gasteiger partial charge on any atom is -0.0629 e. The van der Waals surface area contributed by atoms with Crippen molar-refractivity contribution >= 4 is 19.2 Å². The fourth-order valence-electron chi connectivity index (χ4n) is 2.65. The lowest BCUT2D eigenvalue weighted by Gasteiger charge is -2.16. The van der Waals surface area contributed by atoms with E-state index in [-0.39, 0.29) is 0 Å². The van der Waals surface area contributed by atoms with Crippen molar-refractivity contribution in [3.8, 4) is 0 Å². The predicted octanol–water partition coefficient (Wildman–Crippen LogP) is 2.81. The maximum Gasteiger partial charge on any atom is 0.107 e. The molecule has 0 aliphatic rings. The fourth-order valence-corrected chi connectivity index (χ4v) is 5.62. The summed E-state index contributed by atoms with van der Waals surface area (Å²) in [6.45, 7) is 0. The summed E-state index contributed by atoms with van der Waals surface area (Å²) in [5.41, 5.74) is 1.44. The highest BCUT2D eigenvalue weighted by molar-refractivity contribution is 6.84. The average molecular weight is 274 g/mol. The molecule has 3 aromatic carbocycles. The second-order valence-electron chi connectivity index (χ2n) is 5.06. The lowest BCUT2D eigenvalue weighted by atomic mass is 10.2. The molecule has 0 fully saturated rings. The minimum atomic E-state index is -1.18. The molecule has 0 radical (unpaired) electrons. The maximum absolute atomic E-state index is 2.28. The molecule has 20 heavy (non-hydrogen) atoms. The number of rotatable bonds is 4. The highest BCUT2D eigenvalue weighted by Crippen LogP contribution is 2.04. The highest BCUT2D eigenvalue weighted by Gasteiger charge is 2.16. The summed E-state index contributed by atoms with van der Waals surface area (Å²) in [5, 5.41) is 3.03. The Balaban J connectivity index is 1.96. The van der Waals surface area contributed by atoms with Crippen molar-refractivity contribution < 1.29 is 0 Å². The topological polar surface area (TPSA) is 0 Å². The molecule has 0 nitrogen and oxygen atoms in total. The molecule has 0 saturated heterocycles. The van der Waals surface area contributed by atoms with Gasteiger partial charge in [-0.3, -0.25) is 0 Å². The Morgan fingerprint density at radius 1 is 0.500 bits per heavy atom. The molecule has 0 atom stereocenters. The van der Waals surface area contributed by atoms with Gasteiger partial charge in [0.15, 0.2) is 0 Å². The van der Waals surface area contributed by atoms with Crippen molar-refractivity contribution in [3.05, 3.63) is 96.6 Å². The van der Waals surface area contributed by atoms with Gasteiger partial charge in [0.1, 0.15) is 8.80 Å². The molecule has 0 N–H and O–H groups in total. The lowest BCUT2D eigenvalue weighted by molar-refractivity contribution is 1.37. The Hall–Kier alpha value is -2.12. The van der Waals surface area contributed by atoms with Crippen LogP contribution in [0, 0.1) is 0 Å². The summed E-state index contributed by atoms with van der Waals surface area (Å²) in [6.07, 6.45) is 0. The first kappa shape index (κ1) is 12.9.